The average Bonchev–Trinajstić information content (AvgIpc) is 2.90. The minimum Gasteiger partial charge on any atom is -0.508 e. The Morgan fingerprint density at radius 3 is 2.50 bits per heavy atom. The first-order valence-electron chi connectivity index (χ1n) is 7.18. The van der Waals surface area contributed by atoms with Crippen molar-refractivity contribution in [3.63, 3.8) is 0 Å². The van der Waals surface area contributed by atoms with Crippen LogP contribution in [0.5, 0.6) is 5.75 Å². The number of rotatable bonds is 2. The number of hydrogen-bond acceptors (Lipinski definition) is 4. The van der Waals surface area contributed by atoms with Crippen LogP contribution < -0.4 is 5.32 Å². The first-order chi connectivity index (χ1) is 12.2. The molecule has 1 aliphatic rings. The van der Waals surface area contributed by atoms with E-state index in [2.05, 4.69) is 10.3 Å². The van der Waals surface area contributed by atoms with Crippen molar-refractivity contribution in [2.24, 2.45) is 4.99 Å². The molecule has 1 aliphatic heterocycles. The Bertz CT molecular complexity index is 925. The van der Waals surface area contributed by atoms with Crippen LogP contribution in [0.15, 0.2) is 52.4 Å². The number of phenols is 1. The van der Waals surface area contributed by atoms with Crippen molar-refractivity contribution in [2.75, 3.05) is 0 Å². The van der Waals surface area contributed by atoms with Crippen molar-refractivity contribution in [1.82, 2.24) is 5.32 Å². The number of nitrogens with zero attached hydrogens (tertiary/aromatic N) is 1. The van der Waals surface area contributed by atoms with Crippen LogP contribution in [-0.4, -0.2) is 16.2 Å². The molecule has 26 heavy (non-hydrogen) atoms. The smallest absolute Gasteiger partial charge is 0.417 e. The standard InChI is InChI=1S/C17H10ClF3N2O2S/c18-13-6-3-10(8-12(13)17(19,20)21)22-16-23-15(25)14(26-16)7-9-1-4-11(24)5-2-9/h1-8,24H,(H,22,23,25). The average molecular weight is 399 g/mol. The molecule has 0 bridgehead atoms. The van der Waals surface area contributed by atoms with Crippen molar-refractivity contribution < 1.29 is 23.1 Å². The molecule has 3 rings (SSSR count). The Hall–Kier alpha value is -2.45. The predicted molar refractivity (Wildman–Crippen MR) is 95.4 cm³/mol. The maximum absolute atomic E-state index is 12.9. The van der Waals surface area contributed by atoms with E-state index in [1.54, 1.807) is 18.2 Å². The van der Waals surface area contributed by atoms with Gasteiger partial charge in [0.15, 0.2) is 5.17 Å². The second-order valence-electron chi connectivity index (χ2n) is 5.24. The number of aromatic hydroxyl groups is 1. The van der Waals surface area contributed by atoms with E-state index < -0.39 is 22.7 Å². The molecule has 2 aromatic carbocycles. The Morgan fingerprint density at radius 2 is 1.85 bits per heavy atom. The van der Waals surface area contributed by atoms with Gasteiger partial charge in [-0.25, -0.2) is 4.99 Å². The predicted octanol–water partition coefficient (Wildman–Crippen LogP) is 4.96. The Balaban J connectivity index is 1.85. The van der Waals surface area contributed by atoms with E-state index in [0.29, 0.717) is 10.5 Å². The number of thioether (sulfide) groups is 1. The van der Waals surface area contributed by atoms with Crippen LogP contribution in [0.2, 0.25) is 5.02 Å². The van der Waals surface area contributed by atoms with E-state index in [1.165, 1.54) is 18.2 Å². The van der Waals surface area contributed by atoms with Gasteiger partial charge in [0.1, 0.15) is 5.75 Å². The summed E-state index contributed by atoms with van der Waals surface area (Å²) in [5.41, 5.74) is -0.279. The molecule has 0 atom stereocenters. The number of amides is 1. The van der Waals surface area contributed by atoms with Gasteiger partial charge in [-0.15, -0.1) is 0 Å². The van der Waals surface area contributed by atoms with Gasteiger partial charge in [-0.1, -0.05) is 23.7 Å². The second-order valence-corrected chi connectivity index (χ2v) is 6.67. The lowest BCUT2D eigenvalue weighted by Gasteiger charge is -2.09. The minimum absolute atomic E-state index is 0.0235. The molecular formula is C17H10ClF3N2O2S. The van der Waals surface area contributed by atoms with Crippen molar-refractivity contribution in [3.05, 3.63) is 63.5 Å². The fourth-order valence-corrected chi connectivity index (χ4v) is 3.19. The summed E-state index contributed by atoms with van der Waals surface area (Å²) in [6.45, 7) is 0. The van der Waals surface area contributed by atoms with Gasteiger partial charge in [0.2, 0.25) is 0 Å². The molecule has 1 fully saturated rings. The van der Waals surface area contributed by atoms with E-state index in [9.17, 15) is 23.1 Å². The van der Waals surface area contributed by atoms with Crippen LogP contribution in [0.3, 0.4) is 0 Å². The topological polar surface area (TPSA) is 61.7 Å². The summed E-state index contributed by atoms with van der Waals surface area (Å²) >= 11 is 6.58. The highest BCUT2D eigenvalue weighted by molar-refractivity contribution is 8.18. The summed E-state index contributed by atoms with van der Waals surface area (Å²) in [7, 11) is 0. The number of carbonyl (C=O) groups excluding carboxylic acids is 1. The summed E-state index contributed by atoms with van der Waals surface area (Å²) in [6.07, 6.45) is -3.01. The number of alkyl halides is 3. The highest BCUT2D eigenvalue weighted by Gasteiger charge is 2.33. The van der Waals surface area contributed by atoms with E-state index >= 15 is 0 Å². The zero-order valence-corrected chi connectivity index (χ0v) is 14.4. The quantitative estimate of drug-likeness (QED) is 0.703. The van der Waals surface area contributed by atoms with Crippen LogP contribution in [0.4, 0.5) is 18.9 Å². The molecule has 1 heterocycles. The number of carbonyl (C=O) groups is 1. The molecule has 4 nitrogen and oxygen atoms in total. The number of phenolic OH excluding ortho intramolecular Hbond substituents is 1. The van der Waals surface area contributed by atoms with Crippen molar-refractivity contribution >= 4 is 46.2 Å². The number of nitrogens with one attached hydrogen (secondary N) is 1. The molecule has 0 spiro atoms. The lowest BCUT2D eigenvalue weighted by molar-refractivity contribution is -0.137. The largest absolute Gasteiger partial charge is 0.508 e. The number of halogens is 4. The molecule has 2 N–H and O–H groups in total. The normalized spacial score (nSPS) is 17.8. The maximum Gasteiger partial charge on any atom is 0.417 e. The molecular weight excluding hydrogens is 389 g/mol. The second kappa shape index (κ2) is 7.05. The van der Waals surface area contributed by atoms with Gasteiger partial charge in [0.05, 0.1) is 21.2 Å². The molecule has 1 amide bonds. The van der Waals surface area contributed by atoms with Crippen LogP contribution in [0.1, 0.15) is 11.1 Å². The molecule has 0 aromatic heterocycles. The number of aliphatic imine (C=N–C) groups is 1. The Labute approximate surface area is 155 Å². The van der Waals surface area contributed by atoms with Crippen molar-refractivity contribution in [2.45, 2.75) is 6.18 Å². The molecule has 1 saturated heterocycles. The highest BCUT2D eigenvalue weighted by Crippen LogP contribution is 2.37. The molecule has 0 unspecified atom stereocenters. The van der Waals surface area contributed by atoms with Crippen LogP contribution in [0, 0.1) is 0 Å². The Kier molecular flexibility index (Phi) is 4.97. The highest BCUT2D eigenvalue weighted by atomic mass is 35.5. The molecule has 0 radical (unpaired) electrons. The lowest BCUT2D eigenvalue weighted by Crippen LogP contribution is -2.19. The third-order valence-electron chi connectivity index (χ3n) is 3.33. The summed E-state index contributed by atoms with van der Waals surface area (Å²) in [5.74, 6) is -0.312. The molecule has 2 aromatic rings. The number of amidine groups is 1. The van der Waals surface area contributed by atoms with Crippen LogP contribution in [0.25, 0.3) is 6.08 Å². The fourth-order valence-electron chi connectivity index (χ4n) is 2.12. The summed E-state index contributed by atoms with van der Waals surface area (Å²) in [6, 6.07) is 9.47. The summed E-state index contributed by atoms with van der Waals surface area (Å²) in [5, 5.41) is 11.5. The first kappa shape index (κ1) is 18.3. The Morgan fingerprint density at radius 1 is 1.15 bits per heavy atom. The van der Waals surface area contributed by atoms with Crippen molar-refractivity contribution in [1.29, 1.82) is 0 Å². The van der Waals surface area contributed by atoms with Gasteiger partial charge < -0.3 is 10.4 Å². The molecule has 0 aliphatic carbocycles. The van der Waals surface area contributed by atoms with Crippen molar-refractivity contribution in [3.8, 4) is 5.75 Å². The van der Waals surface area contributed by atoms with E-state index in [0.717, 1.165) is 23.9 Å². The van der Waals surface area contributed by atoms with Crippen LogP contribution >= 0.6 is 23.4 Å². The zero-order chi connectivity index (χ0) is 18.9. The number of benzene rings is 2. The summed E-state index contributed by atoms with van der Waals surface area (Å²) in [4.78, 5) is 16.4. The SMILES string of the molecule is O=C1NC(=Nc2ccc(Cl)c(C(F)(F)F)c2)SC1=Cc1ccc(O)cc1. The van der Waals surface area contributed by atoms with Gasteiger partial charge in [-0.2, -0.15) is 13.2 Å². The van der Waals surface area contributed by atoms with E-state index in [-0.39, 0.29) is 16.6 Å². The van der Waals surface area contributed by atoms with E-state index in [4.69, 9.17) is 11.6 Å². The fraction of sp³-hybridized carbons (Fsp3) is 0.0588. The molecule has 0 saturated carbocycles. The summed E-state index contributed by atoms with van der Waals surface area (Å²) < 4.78 is 38.7. The van der Waals surface area contributed by atoms with Gasteiger partial charge in [0, 0.05) is 0 Å². The maximum atomic E-state index is 12.9. The van der Waals surface area contributed by atoms with Crippen LogP contribution in [-0.2, 0) is 11.0 Å². The molecule has 9 heteroatoms. The number of hydrogen-bond donors (Lipinski definition) is 2. The van der Waals surface area contributed by atoms with Gasteiger partial charge >= 0.3 is 6.18 Å². The van der Waals surface area contributed by atoms with E-state index in [1.807, 2.05) is 0 Å². The monoisotopic (exact) mass is 398 g/mol. The zero-order valence-electron chi connectivity index (χ0n) is 12.8. The van der Waals surface area contributed by atoms with Gasteiger partial charge in [-0.05, 0) is 53.7 Å². The first-order valence-corrected chi connectivity index (χ1v) is 8.37. The third kappa shape index (κ3) is 4.20. The lowest BCUT2D eigenvalue weighted by atomic mass is 10.2. The third-order valence-corrected chi connectivity index (χ3v) is 4.57. The van der Waals surface area contributed by atoms with Gasteiger partial charge in [-0.3, -0.25) is 4.79 Å². The minimum atomic E-state index is -4.59. The molecule has 134 valence electrons. The van der Waals surface area contributed by atoms with Gasteiger partial charge in [0.25, 0.3) is 5.91 Å².